The normalized spacial score (nSPS) is 18.5. The van der Waals surface area contributed by atoms with E-state index in [2.05, 4.69) is 12.2 Å². The average Bonchev–Trinajstić information content (AvgIpc) is 2.81. The lowest BCUT2D eigenvalue weighted by atomic mass is 9.99. The van der Waals surface area contributed by atoms with E-state index in [-0.39, 0.29) is 5.82 Å². The van der Waals surface area contributed by atoms with Gasteiger partial charge < -0.3 is 5.32 Å². The van der Waals surface area contributed by atoms with Crippen LogP contribution in [0.15, 0.2) is 18.2 Å². The van der Waals surface area contributed by atoms with Crippen molar-refractivity contribution in [3.63, 3.8) is 0 Å². The second-order valence-electron chi connectivity index (χ2n) is 4.95. The maximum atomic E-state index is 12.9. The lowest BCUT2D eigenvalue weighted by Crippen LogP contribution is -2.31. The molecular formula is C14H19ClFN. The molecule has 1 unspecified atom stereocenters. The highest BCUT2D eigenvalue weighted by Crippen LogP contribution is 2.28. The van der Waals surface area contributed by atoms with Crippen LogP contribution >= 0.6 is 11.6 Å². The molecule has 0 amide bonds. The molecule has 0 aromatic heterocycles. The Hall–Kier alpha value is -0.600. The first-order chi connectivity index (χ1) is 8.16. The van der Waals surface area contributed by atoms with Crippen molar-refractivity contribution in [2.45, 2.75) is 45.2 Å². The summed E-state index contributed by atoms with van der Waals surface area (Å²) >= 11 is 5.99. The van der Waals surface area contributed by atoms with Gasteiger partial charge in [0.25, 0.3) is 0 Å². The van der Waals surface area contributed by atoms with E-state index in [0.29, 0.717) is 11.1 Å². The van der Waals surface area contributed by atoms with E-state index in [0.717, 1.165) is 18.0 Å². The molecule has 0 bridgehead atoms. The van der Waals surface area contributed by atoms with Crippen LogP contribution < -0.4 is 5.32 Å². The molecule has 3 heteroatoms. The van der Waals surface area contributed by atoms with Crippen LogP contribution in [0.25, 0.3) is 0 Å². The highest BCUT2D eigenvalue weighted by Gasteiger charge is 2.20. The van der Waals surface area contributed by atoms with Crippen LogP contribution in [0.1, 0.15) is 38.2 Å². The van der Waals surface area contributed by atoms with Crippen molar-refractivity contribution in [2.75, 3.05) is 0 Å². The molecule has 0 aliphatic heterocycles. The summed E-state index contributed by atoms with van der Waals surface area (Å²) in [5.41, 5.74) is 0.970. The first kappa shape index (κ1) is 12.8. The molecule has 0 heterocycles. The van der Waals surface area contributed by atoms with Crippen LogP contribution in [-0.4, -0.2) is 6.04 Å². The van der Waals surface area contributed by atoms with Crippen molar-refractivity contribution in [3.05, 3.63) is 34.6 Å². The number of benzene rings is 1. The second kappa shape index (κ2) is 5.83. The summed E-state index contributed by atoms with van der Waals surface area (Å²) < 4.78 is 12.9. The molecule has 17 heavy (non-hydrogen) atoms. The van der Waals surface area contributed by atoms with Gasteiger partial charge in [0.1, 0.15) is 5.82 Å². The van der Waals surface area contributed by atoms with Crippen molar-refractivity contribution in [1.29, 1.82) is 0 Å². The monoisotopic (exact) mass is 255 g/mol. The minimum atomic E-state index is -0.275. The number of hydrogen-bond acceptors (Lipinski definition) is 1. The summed E-state index contributed by atoms with van der Waals surface area (Å²) in [5, 5.41) is 4.00. The molecule has 1 aromatic rings. The third kappa shape index (κ3) is 3.43. The van der Waals surface area contributed by atoms with E-state index in [4.69, 9.17) is 11.6 Å². The topological polar surface area (TPSA) is 12.0 Å². The molecule has 1 nitrogen and oxygen atoms in total. The fourth-order valence-electron chi connectivity index (χ4n) is 2.56. The molecule has 1 aliphatic carbocycles. The van der Waals surface area contributed by atoms with E-state index in [9.17, 15) is 4.39 Å². The maximum absolute atomic E-state index is 12.9. The van der Waals surface area contributed by atoms with Crippen molar-refractivity contribution < 1.29 is 4.39 Å². The molecule has 1 aromatic carbocycles. The highest BCUT2D eigenvalue weighted by atomic mass is 35.5. The standard InChI is InChI=1S/C14H19ClFN/c1-10(11-4-2-3-5-11)17-9-12-6-7-13(16)8-14(12)15/h6-8,10-11,17H,2-5,9H2,1H3. The van der Waals surface area contributed by atoms with Crippen molar-refractivity contribution in [1.82, 2.24) is 5.32 Å². The Morgan fingerprint density at radius 2 is 2.12 bits per heavy atom. The minimum absolute atomic E-state index is 0.275. The van der Waals surface area contributed by atoms with Gasteiger partial charge in [0.15, 0.2) is 0 Å². The molecule has 0 spiro atoms. The van der Waals surface area contributed by atoms with Crippen molar-refractivity contribution >= 4 is 11.6 Å². The fourth-order valence-corrected chi connectivity index (χ4v) is 2.79. The molecule has 1 N–H and O–H groups in total. The molecule has 0 radical (unpaired) electrons. The van der Waals surface area contributed by atoms with Gasteiger partial charge in [0.2, 0.25) is 0 Å². The van der Waals surface area contributed by atoms with E-state index >= 15 is 0 Å². The first-order valence-electron chi connectivity index (χ1n) is 6.34. The molecule has 1 aliphatic rings. The van der Waals surface area contributed by atoms with Crippen LogP contribution in [0.2, 0.25) is 5.02 Å². The van der Waals surface area contributed by atoms with Gasteiger partial charge in [-0.2, -0.15) is 0 Å². The number of halogens is 2. The number of rotatable bonds is 4. The predicted molar refractivity (Wildman–Crippen MR) is 69.7 cm³/mol. The molecule has 0 saturated heterocycles. The summed E-state index contributed by atoms with van der Waals surface area (Å²) in [7, 11) is 0. The van der Waals surface area contributed by atoms with E-state index < -0.39 is 0 Å². The van der Waals surface area contributed by atoms with Crippen molar-refractivity contribution in [2.24, 2.45) is 5.92 Å². The zero-order chi connectivity index (χ0) is 12.3. The second-order valence-corrected chi connectivity index (χ2v) is 5.36. The fraction of sp³-hybridized carbons (Fsp3) is 0.571. The lowest BCUT2D eigenvalue weighted by Gasteiger charge is -2.20. The third-order valence-electron chi connectivity index (χ3n) is 3.74. The summed E-state index contributed by atoms with van der Waals surface area (Å²) in [6, 6.07) is 5.10. The minimum Gasteiger partial charge on any atom is -0.310 e. The van der Waals surface area contributed by atoms with E-state index in [1.165, 1.54) is 37.8 Å². The zero-order valence-corrected chi connectivity index (χ0v) is 10.9. The summed E-state index contributed by atoms with van der Waals surface area (Å²) in [5.74, 6) is 0.511. The van der Waals surface area contributed by atoms with Gasteiger partial charge in [0, 0.05) is 17.6 Å². The molecule has 2 rings (SSSR count). The maximum Gasteiger partial charge on any atom is 0.124 e. The molecular weight excluding hydrogens is 237 g/mol. The summed E-state index contributed by atoms with van der Waals surface area (Å²) in [4.78, 5) is 0. The lowest BCUT2D eigenvalue weighted by molar-refractivity contribution is 0.380. The van der Waals surface area contributed by atoms with Gasteiger partial charge in [-0.05, 0) is 43.4 Å². The third-order valence-corrected chi connectivity index (χ3v) is 4.09. The van der Waals surface area contributed by atoms with Crippen molar-refractivity contribution in [3.8, 4) is 0 Å². The van der Waals surface area contributed by atoms with E-state index in [1.807, 2.05) is 0 Å². The molecule has 1 saturated carbocycles. The van der Waals surface area contributed by atoms with Gasteiger partial charge >= 0.3 is 0 Å². The Morgan fingerprint density at radius 3 is 2.76 bits per heavy atom. The summed E-state index contributed by atoms with van der Waals surface area (Å²) in [6.45, 7) is 2.95. The van der Waals surface area contributed by atoms with Gasteiger partial charge in [-0.3, -0.25) is 0 Å². The largest absolute Gasteiger partial charge is 0.310 e. The number of nitrogens with one attached hydrogen (secondary N) is 1. The Labute approximate surface area is 107 Å². The Balaban J connectivity index is 1.88. The summed E-state index contributed by atoms with van der Waals surface area (Å²) in [6.07, 6.45) is 5.36. The number of hydrogen-bond donors (Lipinski definition) is 1. The Kier molecular flexibility index (Phi) is 4.41. The highest BCUT2D eigenvalue weighted by molar-refractivity contribution is 6.31. The molecule has 1 atom stereocenters. The SMILES string of the molecule is CC(NCc1ccc(F)cc1Cl)C1CCCC1. The van der Waals surface area contributed by atoms with Crippen LogP contribution in [0.4, 0.5) is 4.39 Å². The van der Waals surface area contributed by atoms with Crippen LogP contribution in [0, 0.1) is 11.7 Å². The van der Waals surface area contributed by atoms with E-state index in [1.54, 1.807) is 6.07 Å². The quantitative estimate of drug-likeness (QED) is 0.852. The smallest absolute Gasteiger partial charge is 0.124 e. The zero-order valence-electron chi connectivity index (χ0n) is 10.2. The van der Waals surface area contributed by atoms with Gasteiger partial charge in [-0.15, -0.1) is 0 Å². The Bertz CT molecular complexity index is 374. The first-order valence-corrected chi connectivity index (χ1v) is 6.72. The van der Waals surface area contributed by atoms with Gasteiger partial charge in [-0.1, -0.05) is 30.5 Å². The van der Waals surface area contributed by atoms with Gasteiger partial charge in [0.05, 0.1) is 0 Å². The molecule has 94 valence electrons. The van der Waals surface area contributed by atoms with Crippen LogP contribution in [0.5, 0.6) is 0 Å². The van der Waals surface area contributed by atoms with Gasteiger partial charge in [-0.25, -0.2) is 4.39 Å². The molecule has 1 fully saturated rings. The van der Waals surface area contributed by atoms with Crippen LogP contribution in [-0.2, 0) is 6.54 Å². The Morgan fingerprint density at radius 1 is 1.41 bits per heavy atom. The average molecular weight is 256 g/mol. The van der Waals surface area contributed by atoms with Crippen LogP contribution in [0.3, 0.4) is 0 Å². The predicted octanol–water partition coefficient (Wildman–Crippen LogP) is 4.15.